The van der Waals surface area contributed by atoms with E-state index in [4.69, 9.17) is 10.1 Å². The Balaban J connectivity index is 1.47. The Morgan fingerprint density at radius 1 is 1.10 bits per heavy atom. The summed E-state index contributed by atoms with van der Waals surface area (Å²) in [5.74, 6) is 1.88. The maximum atomic E-state index is 13.3. The van der Waals surface area contributed by atoms with Crippen molar-refractivity contribution in [2.45, 2.75) is 52.5 Å². The number of likely N-dealkylation sites (tertiary alicyclic amines) is 1. The van der Waals surface area contributed by atoms with Gasteiger partial charge in [-0.15, -0.1) is 0 Å². The van der Waals surface area contributed by atoms with Gasteiger partial charge < -0.3 is 9.80 Å². The molecule has 6 nitrogen and oxygen atoms in total. The number of rotatable bonds is 3. The van der Waals surface area contributed by atoms with Crippen LogP contribution in [0.4, 0.5) is 5.82 Å². The lowest BCUT2D eigenvalue weighted by atomic mass is 9.98. The molecule has 2 unspecified atom stereocenters. The van der Waals surface area contributed by atoms with Gasteiger partial charge in [-0.05, 0) is 57.6 Å². The summed E-state index contributed by atoms with van der Waals surface area (Å²) in [5, 5.41) is 4.87. The van der Waals surface area contributed by atoms with Gasteiger partial charge in [0.2, 0.25) is 0 Å². The molecule has 2 atom stereocenters. The summed E-state index contributed by atoms with van der Waals surface area (Å²) in [6, 6.07) is 9.96. The van der Waals surface area contributed by atoms with E-state index in [2.05, 4.69) is 31.0 Å². The number of hydrogen-bond acceptors (Lipinski definition) is 4. The van der Waals surface area contributed by atoms with Crippen LogP contribution in [-0.4, -0.2) is 45.0 Å². The second-order valence-electron chi connectivity index (χ2n) is 9.34. The molecule has 31 heavy (non-hydrogen) atoms. The van der Waals surface area contributed by atoms with Crippen LogP contribution in [0, 0.1) is 19.8 Å². The third kappa shape index (κ3) is 3.80. The van der Waals surface area contributed by atoms with E-state index in [-0.39, 0.29) is 11.9 Å². The lowest BCUT2D eigenvalue weighted by molar-refractivity contribution is 0.0605. The van der Waals surface area contributed by atoms with E-state index < -0.39 is 0 Å². The lowest BCUT2D eigenvalue weighted by Gasteiger charge is -2.34. The summed E-state index contributed by atoms with van der Waals surface area (Å²) in [4.78, 5) is 22.7. The summed E-state index contributed by atoms with van der Waals surface area (Å²) in [6.45, 7) is 9.34. The number of hydrogen-bond donors (Lipinski definition) is 0. The molecule has 1 amide bonds. The summed E-state index contributed by atoms with van der Waals surface area (Å²) in [7, 11) is 0. The summed E-state index contributed by atoms with van der Waals surface area (Å²) >= 11 is 0. The average molecular weight is 418 g/mol. The van der Waals surface area contributed by atoms with Gasteiger partial charge in [-0.1, -0.05) is 24.6 Å². The quantitative estimate of drug-likeness (QED) is 0.627. The van der Waals surface area contributed by atoms with Crippen LogP contribution in [0.2, 0.25) is 0 Å². The van der Waals surface area contributed by atoms with Crippen LogP contribution in [-0.2, 0) is 0 Å². The maximum absolute atomic E-state index is 13.3. The molecule has 0 saturated carbocycles. The van der Waals surface area contributed by atoms with Crippen molar-refractivity contribution in [1.29, 1.82) is 0 Å². The van der Waals surface area contributed by atoms with Crippen molar-refractivity contribution in [2.24, 2.45) is 5.92 Å². The van der Waals surface area contributed by atoms with E-state index in [0.717, 1.165) is 72.7 Å². The second-order valence-corrected chi connectivity index (χ2v) is 9.34. The molecule has 1 aromatic carbocycles. The topological polar surface area (TPSA) is 53.7 Å². The fraction of sp³-hybridized carbons (Fsp3) is 0.480. The van der Waals surface area contributed by atoms with Crippen LogP contribution in [0.15, 0.2) is 36.5 Å². The molecular formula is C25H31N5O. The molecule has 6 heteroatoms. The molecule has 0 spiro atoms. The van der Waals surface area contributed by atoms with Crippen molar-refractivity contribution in [3.05, 3.63) is 58.9 Å². The fourth-order valence-electron chi connectivity index (χ4n) is 5.06. The minimum atomic E-state index is -0.000901. The summed E-state index contributed by atoms with van der Waals surface area (Å²) in [5.41, 5.74) is 4.82. The van der Waals surface area contributed by atoms with E-state index in [1.54, 1.807) is 0 Å². The highest BCUT2D eigenvalue weighted by Crippen LogP contribution is 2.33. The van der Waals surface area contributed by atoms with E-state index >= 15 is 0 Å². The Kier molecular flexibility index (Phi) is 5.16. The molecule has 2 fully saturated rings. The third-order valence-corrected chi connectivity index (χ3v) is 6.72. The van der Waals surface area contributed by atoms with Gasteiger partial charge in [0.25, 0.3) is 5.91 Å². The number of fused-ring (bicyclic) bond motifs is 1. The Labute approximate surface area is 183 Å². The van der Waals surface area contributed by atoms with Crippen molar-refractivity contribution in [2.75, 3.05) is 24.5 Å². The molecule has 5 rings (SSSR count). The first-order chi connectivity index (χ1) is 15.0. The highest BCUT2D eigenvalue weighted by atomic mass is 16.2. The standard InChI is InChI=1S/C25H31N5O/c1-17-7-6-8-20(13-17)25(31)29-11-5-4-9-22(29)21-14-23-26-24(19(3)16-30(23)27-21)28-12-10-18(2)15-28/h6-8,13-14,16,18,22H,4-5,9-12,15H2,1-3H3. The van der Waals surface area contributed by atoms with Gasteiger partial charge in [-0.3, -0.25) is 4.79 Å². The highest BCUT2D eigenvalue weighted by molar-refractivity contribution is 5.94. The molecule has 0 aliphatic carbocycles. The van der Waals surface area contributed by atoms with Crippen molar-refractivity contribution in [3.8, 4) is 0 Å². The Morgan fingerprint density at radius 2 is 1.97 bits per heavy atom. The first-order valence-electron chi connectivity index (χ1n) is 11.5. The minimum Gasteiger partial charge on any atom is -0.356 e. The van der Waals surface area contributed by atoms with Gasteiger partial charge in [0.05, 0.1) is 11.7 Å². The van der Waals surface area contributed by atoms with Gasteiger partial charge in [0.15, 0.2) is 5.65 Å². The van der Waals surface area contributed by atoms with Gasteiger partial charge in [0, 0.05) is 43.0 Å². The minimum absolute atomic E-state index is 0.000901. The van der Waals surface area contributed by atoms with E-state index in [1.165, 1.54) is 6.42 Å². The molecule has 2 aliphatic heterocycles. The molecule has 4 heterocycles. The SMILES string of the molecule is Cc1cccc(C(=O)N2CCCCC2c2cc3nc(N4CCC(C)C4)c(C)cn3n2)c1. The van der Waals surface area contributed by atoms with E-state index in [1.807, 2.05) is 40.6 Å². The van der Waals surface area contributed by atoms with Crippen molar-refractivity contribution in [3.63, 3.8) is 0 Å². The Hall–Kier alpha value is -2.89. The normalized spacial score (nSPS) is 21.8. The Morgan fingerprint density at radius 3 is 2.74 bits per heavy atom. The number of aryl methyl sites for hydroxylation is 2. The first-order valence-corrected chi connectivity index (χ1v) is 11.5. The number of carbonyl (C=O) groups is 1. The van der Waals surface area contributed by atoms with Crippen LogP contribution < -0.4 is 4.90 Å². The van der Waals surface area contributed by atoms with Crippen LogP contribution in [0.25, 0.3) is 5.65 Å². The van der Waals surface area contributed by atoms with Crippen LogP contribution in [0.1, 0.15) is 65.8 Å². The van der Waals surface area contributed by atoms with Gasteiger partial charge in [-0.2, -0.15) is 5.10 Å². The second kappa shape index (κ2) is 7.98. The zero-order valence-corrected chi connectivity index (χ0v) is 18.7. The van der Waals surface area contributed by atoms with E-state index in [0.29, 0.717) is 5.92 Å². The number of piperidine rings is 1. The number of amides is 1. The van der Waals surface area contributed by atoms with Crippen LogP contribution in [0.3, 0.4) is 0 Å². The Bertz CT molecular complexity index is 1120. The highest BCUT2D eigenvalue weighted by Gasteiger charge is 2.31. The summed E-state index contributed by atoms with van der Waals surface area (Å²) < 4.78 is 1.89. The van der Waals surface area contributed by atoms with Crippen molar-refractivity contribution >= 4 is 17.4 Å². The summed E-state index contributed by atoms with van der Waals surface area (Å²) in [6.07, 6.45) is 6.39. The molecule has 162 valence electrons. The molecule has 2 saturated heterocycles. The molecule has 0 bridgehead atoms. The average Bonchev–Trinajstić information content (AvgIpc) is 3.38. The zero-order valence-electron chi connectivity index (χ0n) is 18.7. The van der Waals surface area contributed by atoms with Gasteiger partial charge in [0.1, 0.15) is 5.82 Å². The lowest BCUT2D eigenvalue weighted by Crippen LogP contribution is -2.38. The smallest absolute Gasteiger partial charge is 0.254 e. The predicted octanol–water partition coefficient (Wildman–Crippen LogP) is 4.56. The van der Waals surface area contributed by atoms with Crippen LogP contribution >= 0.6 is 0 Å². The molecular weight excluding hydrogens is 386 g/mol. The van der Waals surface area contributed by atoms with Gasteiger partial charge >= 0.3 is 0 Å². The van der Waals surface area contributed by atoms with E-state index in [9.17, 15) is 4.79 Å². The first kappa shape index (κ1) is 20.0. The molecule has 0 radical (unpaired) electrons. The monoisotopic (exact) mass is 417 g/mol. The maximum Gasteiger partial charge on any atom is 0.254 e. The number of anilines is 1. The van der Waals surface area contributed by atoms with Crippen LogP contribution in [0.5, 0.6) is 0 Å². The molecule has 0 N–H and O–H groups in total. The molecule has 3 aromatic rings. The molecule has 2 aliphatic rings. The largest absolute Gasteiger partial charge is 0.356 e. The predicted molar refractivity (Wildman–Crippen MR) is 123 cm³/mol. The fourth-order valence-corrected chi connectivity index (χ4v) is 5.06. The van der Waals surface area contributed by atoms with Gasteiger partial charge in [-0.25, -0.2) is 9.50 Å². The van der Waals surface area contributed by atoms with Crippen molar-refractivity contribution < 1.29 is 4.79 Å². The number of nitrogens with zero attached hydrogens (tertiary/aromatic N) is 5. The molecule has 2 aromatic heterocycles. The number of benzene rings is 1. The number of carbonyl (C=O) groups excluding carboxylic acids is 1. The third-order valence-electron chi connectivity index (χ3n) is 6.72. The van der Waals surface area contributed by atoms with Crippen molar-refractivity contribution in [1.82, 2.24) is 19.5 Å². The number of aromatic nitrogens is 3. The zero-order chi connectivity index (χ0) is 21.5.